The fraction of sp³-hybridized carbons (Fsp3) is 0.571. The van der Waals surface area contributed by atoms with E-state index in [9.17, 15) is 8.42 Å². The molecule has 0 aliphatic heterocycles. The lowest BCUT2D eigenvalue weighted by Crippen LogP contribution is -2.28. The first-order valence-corrected chi connectivity index (χ1v) is 8.10. The number of hydrogen-bond acceptors (Lipinski definition) is 2. The van der Waals surface area contributed by atoms with Crippen LogP contribution < -0.4 is 4.72 Å². The van der Waals surface area contributed by atoms with Gasteiger partial charge in [-0.1, -0.05) is 45.0 Å². The highest BCUT2D eigenvalue weighted by molar-refractivity contribution is 7.89. The molecule has 1 unspecified atom stereocenters. The maximum atomic E-state index is 11.7. The van der Waals surface area contributed by atoms with Crippen molar-refractivity contribution in [2.24, 2.45) is 0 Å². The largest absolute Gasteiger partial charge is 0.212 e. The molecule has 1 rings (SSSR count). The average molecular weight is 269 g/mol. The van der Waals surface area contributed by atoms with Crippen molar-refractivity contribution in [3.8, 4) is 0 Å². The van der Waals surface area contributed by atoms with Gasteiger partial charge in [0.05, 0.1) is 5.75 Å². The van der Waals surface area contributed by atoms with E-state index < -0.39 is 10.0 Å². The van der Waals surface area contributed by atoms with Crippen LogP contribution in [0.15, 0.2) is 24.3 Å². The van der Waals surface area contributed by atoms with Crippen LogP contribution in [0.5, 0.6) is 0 Å². The normalized spacial score (nSPS) is 13.8. The molecule has 0 radical (unpaired) electrons. The molecule has 0 aromatic heterocycles. The summed E-state index contributed by atoms with van der Waals surface area (Å²) in [4.78, 5) is 0. The van der Waals surface area contributed by atoms with E-state index in [1.807, 2.05) is 26.0 Å². The molecule has 0 fully saturated rings. The highest BCUT2D eigenvalue weighted by atomic mass is 32.2. The van der Waals surface area contributed by atoms with Crippen LogP contribution in [0.2, 0.25) is 0 Å². The minimum absolute atomic E-state index is 0.178. The monoisotopic (exact) mass is 269 g/mol. The van der Waals surface area contributed by atoms with Gasteiger partial charge >= 0.3 is 0 Å². The summed E-state index contributed by atoms with van der Waals surface area (Å²) in [6.07, 6.45) is 0.633. The van der Waals surface area contributed by atoms with Gasteiger partial charge in [0, 0.05) is 6.04 Å². The molecule has 1 atom stereocenters. The molecule has 0 saturated carbocycles. The Balaban J connectivity index is 2.76. The van der Waals surface area contributed by atoms with Gasteiger partial charge in [-0.25, -0.2) is 13.1 Å². The lowest BCUT2D eigenvalue weighted by atomic mass is 10.00. The third-order valence-corrected chi connectivity index (χ3v) is 4.59. The Labute approximate surface area is 111 Å². The maximum Gasteiger partial charge on any atom is 0.212 e. The van der Waals surface area contributed by atoms with Crippen LogP contribution in [0.3, 0.4) is 0 Å². The SMILES string of the molecule is CCCS(=O)(=O)NC(C)c1ccc(C(C)C)cc1. The summed E-state index contributed by atoms with van der Waals surface area (Å²) in [5.41, 5.74) is 2.27. The summed E-state index contributed by atoms with van der Waals surface area (Å²) >= 11 is 0. The van der Waals surface area contributed by atoms with Crippen molar-refractivity contribution in [3.05, 3.63) is 35.4 Å². The number of rotatable bonds is 6. The Bertz CT molecular complexity index is 463. The van der Waals surface area contributed by atoms with E-state index in [4.69, 9.17) is 0 Å². The fourth-order valence-corrected chi connectivity index (χ4v) is 3.16. The van der Waals surface area contributed by atoms with Gasteiger partial charge in [0.2, 0.25) is 10.0 Å². The van der Waals surface area contributed by atoms with Crippen molar-refractivity contribution in [2.75, 3.05) is 5.75 Å². The van der Waals surface area contributed by atoms with Crippen LogP contribution >= 0.6 is 0 Å². The number of benzene rings is 1. The highest BCUT2D eigenvalue weighted by Crippen LogP contribution is 2.19. The Morgan fingerprint density at radius 2 is 1.56 bits per heavy atom. The molecule has 0 aliphatic carbocycles. The van der Waals surface area contributed by atoms with Crippen molar-refractivity contribution in [1.82, 2.24) is 4.72 Å². The van der Waals surface area contributed by atoms with E-state index in [1.54, 1.807) is 0 Å². The molecule has 0 heterocycles. The van der Waals surface area contributed by atoms with Gasteiger partial charge in [-0.05, 0) is 30.4 Å². The van der Waals surface area contributed by atoms with E-state index >= 15 is 0 Å². The van der Waals surface area contributed by atoms with Crippen LogP contribution in [0.4, 0.5) is 0 Å². The molecule has 0 spiro atoms. The van der Waals surface area contributed by atoms with E-state index in [2.05, 4.69) is 30.7 Å². The molecular weight excluding hydrogens is 246 g/mol. The molecule has 0 bridgehead atoms. The van der Waals surface area contributed by atoms with Crippen LogP contribution in [-0.4, -0.2) is 14.2 Å². The van der Waals surface area contributed by atoms with Gasteiger partial charge in [0.1, 0.15) is 0 Å². The van der Waals surface area contributed by atoms with Gasteiger partial charge in [0.25, 0.3) is 0 Å². The van der Waals surface area contributed by atoms with Gasteiger partial charge in [-0.15, -0.1) is 0 Å². The van der Waals surface area contributed by atoms with Gasteiger partial charge in [0.15, 0.2) is 0 Å². The minimum atomic E-state index is -3.16. The van der Waals surface area contributed by atoms with Crippen molar-refractivity contribution >= 4 is 10.0 Å². The molecule has 3 nitrogen and oxygen atoms in total. The van der Waals surface area contributed by atoms with E-state index in [-0.39, 0.29) is 11.8 Å². The zero-order valence-corrected chi connectivity index (χ0v) is 12.4. The molecule has 18 heavy (non-hydrogen) atoms. The van der Waals surface area contributed by atoms with Gasteiger partial charge in [-0.3, -0.25) is 0 Å². The number of hydrogen-bond donors (Lipinski definition) is 1. The molecule has 1 aromatic carbocycles. The Hall–Kier alpha value is -0.870. The summed E-state index contributed by atoms with van der Waals surface area (Å²) in [6.45, 7) is 8.02. The van der Waals surface area contributed by atoms with Crippen LogP contribution in [0.25, 0.3) is 0 Å². The maximum absolute atomic E-state index is 11.7. The molecule has 1 aromatic rings. The second kappa shape index (κ2) is 6.34. The van der Waals surface area contributed by atoms with E-state index in [0.29, 0.717) is 12.3 Å². The second-order valence-electron chi connectivity index (χ2n) is 4.98. The predicted molar refractivity (Wildman–Crippen MR) is 76.2 cm³/mol. The van der Waals surface area contributed by atoms with Crippen molar-refractivity contribution < 1.29 is 8.42 Å². The molecule has 0 saturated heterocycles. The molecular formula is C14H23NO2S. The summed E-state index contributed by atoms with van der Waals surface area (Å²) in [6, 6.07) is 7.93. The zero-order chi connectivity index (χ0) is 13.8. The van der Waals surface area contributed by atoms with Crippen LogP contribution in [-0.2, 0) is 10.0 Å². The quantitative estimate of drug-likeness (QED) is 0.862. The third kappa shape index (κ3) is 4.42. The van der Waals surface area contributed by atoms with Crippen molar-refractivity contribution in [3.63, 3.8) is 0 Å². The number of nitrogens with one attached hydrogen (secondary N) is 1. The standard InChI is InChI=1S/C14H23NO2S/c1-5-10-18(16,17)15-12(4)14-8-6-13(7-9-14)11(2)3/h6-9,11-12,15H,5,10H2,1-4H3. The highest BCUT2D eigenvalue weighted by Gasteiger charge is 2.14. The lowest BCUT2D eigenvalue weighted by Gasteiger charge is -2.15. The van der Waals surface area contributed by atoms with E-state index in [1.165, 1.54) is 5.56 Å². The van der Waals surface area contributed by atoms with E-state index in [0.717, 1.165) is 5.56 Å². The van der Waals surface area contributed by atoms with Crippen LogP contribution in [0, 0.1) is 0 Å². The average Bonchev–Trinajstić information content (AvgIpc) is 2.28. The Kier molecular flexibility index (Phi) is 5.35. The first-order chi connectivity index (χ1) is 8.35. The summed E-state index contributed by atoms with van der Waals surface area (Å²) < 4.78 is 26.1. The van der Waals surface area contributed by atoms with Crippen molar-refractivity contribution in [2.45, 2.75) is 46.1 Å². The molecule has 0 amide bonds. The van der Waals surface area contributed by atoms with Crippen molar-refractivity contribution in [1.29, 1.82) is 0 Å². The van der Waals surface area contributed by atoms with Gasteiger partial charge < -0.3 is 0 Å². The molecule has 0 aliphatic rings. The molecule has 102 valence electrons. The second-order valence-corrected chi connectivity index (χ2v) is 6.85. The predicted octanol–water partition coefficient (Wildman–Crippen LogP) is 3.20. The smallest absolute Gasteiger partial charge is 0.212 e. The summed E-state index contributed by atoms with van der Waals surface area (Å²) in [5.74, 6) is 0.674. The topological polar surface area (TPSA) is 46.2 Å². The van der Waals surface area contributed by atoms with Crippen LogP contribution in [0.1, 0.15) is 57.2 Å². The third-order valence-electron chi connectivity index (χ3n) is 2.93. The zero-order valence-electron chi connectivity index (χ0n) is 11.6. The first kappa shape index (κ1) is 15.2. The summed E-state index contributed by atoms with van der Waals surface area (Å²) in [5, 5.41) is 0. The molecule has 4 heteroatoms. The molecule has 1 N–H and O–H groups in total. The first-order valence-electron chi connectivity index (χ1n) is 6.45. The lowest BCUT2D eigenvalue weighted by molar-refractivity contribution is 0.565. The minimum Gasteiger partial charge on any atom is -0.212 e. The summed E-state index contributed by atoms with van der Waals surface area (Å²) in [7, 11) is -3.16. The Morgan fingerprint density at radius 3 is 2.00 bits per heavy atom. The number of sulfonamides is 1. The Morgan fingerprint density at radius 1 is 1.06 bits per heavy atom. The fourth-order valence-electron chi connectivity index (χ4n) is 1.83. The van der Waals surface area contributed by atoms with Gasteiger partial charge in [-0.2, -0.15) is 0 Å².